The summed E-state index contributed by atoms with van der Waals surface area (Å²) in [6.07, 6.45) is 1.78. The van der Waals surface area contributed by atoms with Crippen molar-refractivity contribution in [1.82, 2.24) is 25.5 Å². The average Bonchev–Trinajstić information content (AvgIpc) is 3.85. The Morgan fingerprint density at radius 2 is 1.73 bits per heavy atom. The number of rotatable bonds is 11. The molecule has 0 radical (unpaired) electrons. The van der Waals surface area contributed by atoms with Crippen LogP contribution in [-0.4, -0.2) is 73.8 Å². The summed E-state index contributed by atoms with van der Waals surface area (Å²) in [5.74, 6) is -0.265. The summed E-state index contributed by atoms with van der Waals surface area (Å²) in [6.45, 7) is 5.10. The summed E-state index contributed by atoms with van der Waals surface area (Å²) < 4.78 is 13.9. The first-order valence-corrected chi connectivity index (χ1v) is 16.6. The van der Waals surface area contributed by atoms with Crippen molar-refractivity contribution >= 4 is 40.3 Å². The molecule has 2 aliphatic rings. The monoisotopic (exact) mass is 671 g/mol. The molecule has 2 aliphatic heterocycles. The van der Waals surface area contributed by atoms with Gasteiger partial charge in [-0.2, -0.15) is 0 Å². The number of aliphatic hydroxyl groups is 1. The summed E-state index contributed by atoms with van der Waals surface area (Å²) in [7, 11) is 0. The minimum atomic E-state index is -1.60. The van der Waals surface area contributed by atoms with E-state index in [2.05, 4.69) is 25.8 Å². The first-order chi connectivity index (χ1) is 23.4. The molecular formula is C36H42FN7O5. The number of likely N-dealkylation sites (tertiary alicyclic amines) is 1. The molecule has 12 nitrogen and oxygen atoms in total. The van der Waals surface area contributed by atoms with Gasteiger partial charge in [-0.3, -0.25) is 9.59 Å². The Balaban J connectivity index is 1.19. The number of amides is 3. The quantitative estimate of drug-likeness (QED) is 0.134. The summed E-state index contributed by atoms with van der Waals surface area (Å²) >= 11 is 0. The number of fused-ring (bicyclic) bond motifs is 1. The van der Waals surface area contributed by atoms with Gasteiger partial charge in [-0.1, -0.05) is 18.2 Å². The molecule has 3 atom stereocenters. The van der Waals surface area contributed by atoms with Crippen LogP contribution in [0.15, 0.2) is 66.7 Å². The Morgan fingerprint density at radius 3 is 2.41 bits per heavy atom. The summed E-state index contributed by atoms with van der Waals surface area (Å²) in [6, 6.07) is 18.1. The number of nitrogens with one attached hydrogen (secondary N) is 4. The van der Waals surface area contributed by atoms with Crippen molar-refractivity contribution in [3.05, 3.63) is 89.5 Å². The highest BCUT2D eigenvalue weighted by molar-refractivity contribution is 5.95. The van der Waals surface area contributed by atoms with Gasteiger partial charge >= 0.3 is 6.09 Å². The molecule has 0 spiro atoms. The molecule has 13 heteroatoms. The van der Waals surface area contributed by atoms with Crippen LogP contribution in [-0.2, 0) is 22.7 Å². The minimum absolute atomic E-state index is 0.0312. The SMILES string of the molecule is CC(C)(O)[C@H](NC(=O)O)C(=O)N1CCC[C@H]1c1nc2ccc(CN(Cc3ccc(NC(=O)[C@H]4CCCN4)cc3)c3ccc(F)cc3)cc2[nH]1. The van der Waals surface area contributed by atoms with Crippen LogP contribution in [0.1, 0.15) is 62.5 Å². The number of aromatic amines is 1. The molecule has 6 rings (SSSR count). The minimum Gasteiger partial charge on any atom is -0.465 e. The maximum absolute atomic E-state index is 13.9. The molecule has 3 amide bonds. The van der Waals surface area contributed by atoms with Gasteiger partial charge in [0.1, 0.15) is 17.7 Å². The third-order valence-electron chi connectivity index (χ3n) is 9.17. The van der Waals surface area contributed by atoms with E-state index in [0.29, 0.717) is 38.3 Å². The van der Waals surface area contributed by atoms with E-state index in [0.717, 1.165) is 52.9 Å². The lowest BCUT2D eigenvalue weighted by Gasteiger charge is -2.33. The molecule has 0 saturated carbocycles. The van der Waals surface area contributed by atoms with Crippen LogP contribution in [0.25, 0.3) is 11.0 Å². The van der Waals surface area contributed by atoms with Gasteiger partial charge in [0.25, 0.3) is 0 Å². The van der Waals surface area contributed by atoms with Crippen molar-refractivity contribution in [2.45, 2.75) is 76.3 Å². The Morgan fingerprint density at radius 1 is 1.02 bits per heavy atom. The van der Waals surface area contributed by atoms with E-state index >= 15 is 0 Å². The van der Waals surface area contributed by atoms with Crippen LogP contribution in [0.4, 0.5) is 20.6 Å². The fourth-order valence-electron chi connectivity index (χ4n) is 6.64. The second kappa shape index (κ2) is 14.2. The van der Waals surface area contributed by atoms with E-state index in [-0.39, 0.29) is 17.8 Å². The number of halogens is 1. The Labute approximate surface area is 283 Å². The number of carbonyl (C=O) groups excluding carboxylic acids is 2. The summed E-state index contributed by atoms with van der Waals surface area (Å²) in [5.41, 5.74) is 3.46. The Kier molecular flexibility index (Phi) is 9.84. The molecule has 4 aromatic rings. The van der Waals surface area contributed by atoms with Crippen LogP contribution in [0.5, 0.6) is 0 Å². The second-order valence-electron chi connectivity index (χ2n) is 13.4. The molecule has 0 bridgehead atoms. The number of aromatic nitrogens is 2. The standard InChI is InChI=1S/C36H42FN7O5/c1-36(2,49)31(42-35(47)48)34(46)44-18-4-6-30(44)32-40-27-16-9-23(19-29(27)41-32)21-43(26-14-10-24(37)11-15-26)20-22-7-12-25(13-8-22)39-33(45)28-5-3-17-38-28/h7-16,19,28,30-31,38,42,49H,3-6,17-18,20-21H2,1-2H3,(H,39,45)(H,40,41)(H,47,48)/t28-,30+,31-/m1/s1. The van der Waals surface area contributed by atoms with Crippen LogP contribution >= 0.6 is 0 Å². The number of carboxylic acid groups (broad SMARTS) is 1. The third kappa shape index (κ3) is 8.01. The maximum atomic E-state index is 13.9. The average molecular weight is 672 g/mol. The molecule has 6 N–H and O–H groups in total. The molecule has 2 saturated heterocycles. The molecule has 3 aromatic carbocycles. The Hall–Kier alpha value is -5.01. The van der Waals surface area contributed by atoms with E-state index in [9.17, 15) is 29.0 Å². The van der Waals surface area contributed by atoms with E-state index in [4.69, 9.17) is 4.98 Å². The highest BCUT2D eigenvalue weighted by atomic mass is 19.1. The van der Waals surface area contributed by atoms with Crippen LogP contribution in [0, 0.1) is 5.82 Å². The molecule has 3 heterocycles. The largest absolute Gasteiger partial charge is 0.465 e. The van der Waals surface area contributed by atoms with Gasteiger partial charge in [-0.25, -0.2) is 14.2 Å². The van der Waals surface area contributed by atoms with Gasteiger partial charge in [0.15, 0.2) is 0 Å². The van der Waals surface area contributed by atoms with Crippen molar-refractivity contribution in [3.63, 3.8) is 0 Å². The lowest BCUT2D eigenvalue weighted by molar-refractivity contribution is -0.140. The maximum Gasteiger partial charge on any atom is 0.405 e. The number of carbonyl (C=O) groups is 3. The van der Waals surface area contributed by atoms with Crippen molar-refractivity contribution < 1.29 is 29.0 Å². The second-order valence-corrected chi connectivity index (χ2v) is 13.4. The van der Waals surface area contributed by atoms with Gasteiger partial charge in [-0.05, 0) is 106 Å². The van der Waals surface area contributed by atoms with Crippen LogP contribution in [0.3, 0.4) is 0 Å². The van der Waals surface area contributed by atoms with Crippen molar-refractivity contribution in [1.29, 1.82) is 0 Å². The zero-order chi connectivity index (χ0) is 34.7. The normalized spacial score (nSPS) is 18.4. The van der Waals surface area contributed by atoms with E-state index < -0.39 is 29.7 Å². The number of benzene rings is 3. The fourth-order valence-corrected chi connectivity index (χ4v) is 6.64. The predicted octanol–water partition coefficient (Wildman–Crippen LogP) is 4.67. The van der Waals surface area contributed by atoms with E-state index in [1.807, 2.05) is 42.5 Å². The summed E-state index contributed by atoms with van der Waals surface area (Å²) in [4.78, 5) is 49.3. The zero-order valence-electron chi connectivity index (χ0n) is 27.6. The molecule has 49 heavy (non-hydrogen) atoms. The molecule has 0 aliphatic carbocycles. The number of H-pyrrole nitrogens is 1. The lowest BCUT2D eigenvalue weighted by atomic mass is 9.97. The number of anilines is 2. The van der Waals surface area contributed by atoms with Crippen molar-refractivity contribution in [2.75, 3.05) is 23.3 Å². The van der Waals surface area contributed by atoms with Gasteiger partial charge in [0.2, 0.25) is 11.8 Å². The molecular weight excluding hydrogens is 629 g/mol. The van der Waals surface area contributed by atoms with Crippen molar-refractivity contribution in [2.24, 2.45) is 0 Å². The number of hydrogen-bond donors (Lipinski definition) is 6. The van der Waals surface area contributed by atoms with Gasteiger partial charge in [0, 0.05) is 31.0 Å². The molecule has 258 valence electrons. The first kappa shape index (κ1) is 33.9. The summed E-state index contributed by atoms with van der Waals surface area (Å²) in [5, 5.41) is 28.2. The van der Waals surface area contributed by atoms with E-state index in [1.165, 1.54) is 26.0 Å². The lowest BCUT2D eigenvalue weighted by Crippen LogP contribution is -2.58. The van der Waals surface area contributed by atoms with Gasteiger partial charge in [-0.15, -0.1) is 0 Å². The van der Waals surface area contributed by atoms with Crippen LogP contribution < -0.4 is 20.9 Å². The highest BCUT2D eigenvalue weighted by Gasteiger charge is 2.42. The zero-order valence-corrected chi connectivity index (χ0v) is 27.6. The molecule has 2 fully saturated rings. The smallest absolute Gasteiger partial charge is 0.405 e. The third-order valence-corrected chi connectivity index (χ3v) is 9.17. The Bertz CT molecular complexity index is 1800. The van der Waals surface area contributed by atoms with Gasteiger partial charge < -0.3 is 40.9 Å². The van der Waals surface area contributed by atoms with Crippen molar-refractivity contribution in [3.8, 4) is 0 Å². The first-order valence-electron chi connectivity index (χ1n) is 16.6. The number of nitrogens with zero attached hydrogens (tertiary/aromatic N) is 3. The predicted molar refractivity (Wildman–Crippen MR) is 183 cm³/mol. The highest BCUT2D eigenvalue weighted by Crippen LogP contribution is 2.33. The number of imidazole rings is 1. The topological polar surface area (TPSA) is 163 Å². The molecule has 0 unspecified atom stereocenters. The van der Waals surface area contributed by atoms with E-state index in [1.54, 1.807) is 17.0 Å². The fraction of sp³-hybridized carbons (Fsp3) is 0.389. The van der Waals surface area contributed by atoms with Gasteiger partial charge in [0.05, 0.1) is 28.7 Å². The van der Waals surface area contributed by atoms with Crippen LogP contribution in [0.2, 0.25) is 0 Å². The number of hydrogen-bond acceptors (Lipinski definition) is 7. The molecule has 1 aromatic heterocycles.